The van der Waals surface area contributed by atoms with Crippen LogP contribution in [0, 0.1) is 5.41 Å². The fraction of sp³-hybridized carbons (Fsp3) is 0.667. The van der Waals surface area contributed by atoms with Crippen LogP contribution in [0.4, 0.5) is 0 Å². The van der Waals surface area contributed by atoms with E-state index >= 15 is 0 Å². The molecule has 2 heterocycles. The molecule has 0 unspecified atom stereocenters. The Morgan fingerprint density at radius 3 is 2.78 bits per heavy atom. The number of rotatable bonds is 2. The fourth-order valence-electron chi connectivity index (χ4n) is 4.84. The second kappa shape index (κ2) is 5.87. The maximum Gasteiger partial charge on any atom is 0.293 e. The number of fused-ring (bicyclic) bond motifs is 1. The van der Waals surface area contributed by atoms with Crippen LogP contribution in [-0.2, 0) is 13.0 Å². The van der Waals surface area contributed by atoms with E-state index in [2.05, 4.69) is 9.88 Å². The Morgan fingerprint density at radius 1 is 1.26 bits per heavy atom. The van der Waals surface area contributed by atoms with Crippen LogP contribution >= 0.6 is 0 Å². The molecule has 0 atom stereocenters. The van der Waals surface area contributed by atoms with Crippen molar-refractivity contribution in [2.75, 3.05) is 6.54 Å². The predicted octanol–water partition coefficient (Wildman–Crippen LogP) is 2.67. The van der Waals surface area contributed by atoms with Gasteiger partial charge >= 0.3 is 0 Å². The van der Waals surface area contributed by atoms with Crippen molar-refractivity contribution < 1.29 is 10.0 Å². The molecule has 23 heavy (non-hydrogen) atoms. The van der Waals surface area contributed by atoms with Crippen molar-refractivity contribution in [3.05, 3.63) is 29.1 Å². The number of nitrogens with one attached hydrogen (secondary N) is 1. The van der Waals surface area contributed by atoms with Gasteiger partial charge in [-0.3, -0.25) is 14.9 Å². The van der Waals surface area contributed by atoms with Crippen molar-refractivity contribution in [3.63, 3.8) is 0 Å². The van der Waals surface area contributed by atoms with E-state index in [0.717, 1.165) is 31.2 Å². The van der Waals surface area contributed by atoms with Crippen molar-refractivity contribution in [3.8, 4) is 0 Å². The molecular weight excluding hydrogens is 290 g/mol. The molecule has 2 N–H and O–H groups in total. The van der Waals surface area contributed by atoms with Gasteiger partial charge in [-0.1, -0.05) is 25.3 Å². The van der Waals surface area contributed by atoms with Gasteiger partial charge < -0.3 is 0 Å². The zero-order valence-corrected chi connectivity index (χ0v) is 13.6. The van der Waals surface area contributed by atoms with Crippen molar-refractivity contribution in [2.24, 2.45) is 5.41 Å². The summed E-state index contributed by atoms with van der Waals surface area (Å²) in [6, 6.07) is 4.44. The van der Waals surface area contributed by atoms with Crippen LogP contribution in [0.2, 0.25) is 0 Å². The summed E-state index contributed by atoms with van der Waals surface area (Å²) in [7, 11) is 0. The van der Waals surface area contributed by atoms with Gasteiger partial charge in [0, 0.05) is 31.2 Å². The van der Waals surface area contributed by atoms with Crippen LogP contribution in [0.1, 0.15) is 66.7 Å². The Balaban J connectivity index is 1.41. The fourth-order valence-corrected chi connectivity index (χ4v) is 4.84. The Kier molecular flexibility index (Phi) is 3.85. The van der Waals surface area contributed by atoms with E-state index in [4.69, 9.17) is 5.21 Å². The summed E-state index contributed by atoms with van der Waals surface area (Å²) in [5, 5.41) is 8.72. The van der Waals surface area contributed by atoms with Crippen LogP contribution in [0.3, 0.4) is 0 Å². The molecule has 0 saturated heterocycles. The molecule has 4 rings (SSSR count). The van der Waals surface area contributed by atoms with Crippen molar-refractivity contribution in [1.29, 1.82) is 0 Å². The molecule has 5 nitrogen and oxygen atoms in total. The van der Waals surface area contributed by atoms with Gasteiger partial charge in [0.25, 0.3) is 5.91 Å². The molecule has 1 aromatic rings. The third kappa shape index (κ3) is 2.76. The van der Waals surface area contributed by atoms with Gasteiger partial charge in [-0.05, 0) is 42.7 Å². The zero-order chi connectivity index (χ0) is 15.9. The minimum Gasteiger partial charge on any atom is -0.296 e. The highest BCUT2D eigenvalue weighted by molar-refractivity contribution is 5.91. The number of carbonyl (C=O) groups is 1. The topological polar surface area (TPSA) is 65.5 Å². The number of aromatic nitrogens is 1. The lowest BCUT2D eigenvalue weighted by Gasteiger charge is -2.54. The van der Waals surface area contributed by atoms with E-state index in [1.165, 1.54) is 50.5 Å². The van der Waals surface area contributed by atoms with E-state index in [9.17, 15) is 4.79 Å². The van der Waals surface area contributed by atoms with Gasteiger partial charge in [-0.25, -0.2) is 10.5 Å². The Bertz CT molecular complexity index is 602. The number of hydrogen-bond acceptors (Lipinski definition) is 4. The minimum atomic E-state index is -0.534. The number of amides is 1. The average Bonchev–Trinajstić information content (AvgIpc) is 2.58. The minimum absolute atomic E-state index is 0.296. The summed E-state index contributed by atoms with van der Waals surface area (Å²) >= 11 is 0. The van der Waals surface area contributed by atoms with E-state index in [0.29, 0.717) is 11.1 Å². The van der Waals surface area contributed by atoms with E-state index in [-0.39, 0.29) is 0 Å². The number of carbonyl (C=O) groups excluding carboxylic acids is 1. The first kappa shape index (κ1) is 15.1. The molecule has 1 amide bonds. The molecule has 0 radical (unpaired) electrons. The van der Waals surface area contributed by atoms with Crippen LogP contribution in [0.25, 0.3) is 0 Å². The lowest BCUT2D eigenvalue weighted by atomic mass is 9.58. The monoisotopic (exact) mass is 315 g/mol. The van der Waals surface area contributed by atoms with Crippen LogP contribution in [0.15, 0.2) is 12.1 Å². The molecule has 2 fully saturated rings. The highest BCUT2D eigenvalue weighted by atomic mass is 16.5. The Morgan fingerprint density at radius 2 is 2.04 bits per heavy atom. The highest BCUT2D eigenvalue weighted by Crippen LogP contribution is 2.53. The number of hydroxylamine groups is 1. The molecule has 1 aliphatic heterocycles. The maximum absolute atomic E-state index is 11.5. The quantitative estimate of drug-likeness (QED) is 0.650. The smallest absolute Gasteiger partial charge is 0.293 e. The SMILES string of the molecule is O=C(NO)c1ccc2c(n1)CCN(C1CC3(CCCCC3)C1)C2. The highest BCUT2D eigenvalue weighted by Gasteiger charge is 2.46. The summed E-state index contributed by atoms with van der Waals surface area (Å²) in [4.78, 5) is 18.5. The molecule has 3 aliphatic rings. The first-order chi connectivity index (χ1) is 11.2. The van der Waals surface area contributed by atoms with Crippen LogP contribution in [0.5, 0.6) is 0 Å². The lowest BCUT2D eigenvalue weighted by molar-refractivity contribution is -0.0310. The predicted molar refractivity (Wildman–Crippen MR) is 86.1 cm³/mol. The summed E-state index contributed by atoms with van der Waals surface area (Å²) in [5.41, 5.74) is 4.86. The molecule has 1 aromatic heterocycles. The molecule has 2 aliphatic carbocycles. The van der Waals surface area contributed by atoms with Crippen LogP contribution < -0.4 is 5.48 Å². The van der Waals surface area contributed by atoms with E-state index < -0.39 is 5.91 Å². The lowest BCUT2D eigenvalue weighted by Crippen LogP contribution is -2.52. The van der Waals surface area contributed by atoms with Gasteiger partial charge in [0.2, 0.25) is 0 Å². The first-order valence-corrected chi connectivity index (χ1v) is 8.86. The maximum atomic E-state index is 11.5. The van der Waals surface area contributed by atoms with Crippen LogP contribution in [-0.4, -0.2) is 33.6 Å². The summed E-state index contributed by atoms with van der Waals surface area (Å²) in [6.45, 7) is 1.98. The summed E-state index contributed by atoms with van der Waals surface area (Å²) < 4.78 is 0. The van der Waals surface area contributed by atoms with E-state index in [1.807, 2.05) is 6.07 Å². The largest absolute Gasteiger partial charge is 0.296 e. The van der Waals surface area contributed by atoms with Crippen molar-refractivity contribution >= 4 is 5.91 Å². The normalized spacial score (nSPS) is 24.0. The Hall–Kier alpha value is -1.46. The third-order valence-corrected chi connectivity index (χ3v) is 6.18. The van der Waals surface area contributed by atoms with Gasteiger partial charge in [0.1, 0.15) is 5.69 Å². The molecule has 2 saturated carbocycles. The zero-order valence-electron chi connectivity index (χ0n) is 13.6. The molecule has 0 bridgehead atoms. The first-order valence-electron chi connectivity index (χ1n) is 8.86. The van der Waals surface area contributed by atoms with Gasteiger partial charge in [0.15, 0.2) is 0 Å². The molecule has 5 heteroatoms. The van der Waals surface area contributed by atoms with Gasteiger partial charge in [-0.15, -0.1) is 0 Å². The second-order valence-corrected chi connectivity index (χ2v) is 7.59. The third-order valence-electron chi connectivity index (χ3n) is 6.18. The average molecular weight is 315 g/mol. The van der Waals surface area contributed by atoms with Crippen molar-refractivity contribution in [1.82, 2.24) is 15.4 Å². The summed E-state index contributed by atoms with van der Waals surface area (Å²) in [6.07, 6.45) is 10.8. The molecule has 0 aromatic carbocycles. The molecular formula is C18H25N3O2. The van der Waals surface area contributed by atoms with Crippen molar-refractivity contribution in [2.45, 2.75) is 64.0 Å². The molecule has 1 spiro atoms. The second-order valence-electron chi connectivity index (χ2n) is 7.59. The number of hydrogen-bond donors (Lipinski definition) is 2. The Labute approximate surface area is 137 Å². The van der Waals surface area contributed by atoms with Gasteiger partial charge in [0.05, 0.1) is 0 Å². The van der Waals surface area contributed by atoms with Gasteiger partial charge in [-0.2, -0.15) is 0 Å². The van der Waals surface area contributed by atoms with E-state index in [1.54, 1.807) is 11.5 Å². The number of pyridine rings is 1. The number of nitrogens with zero attached hydrogens (tertiary/aromatic N) is 2. The summed E-state index contributed by atoms with van der Waals surface area (Å²) in [5.74, 6) is -0.534. The molecule has 124 valence electrons. The standard InChI is InChI=1S/C18H25N3O2/c22-17(20-23)16-5-4-13-12-21(9-6-15(13)19-16)14-10-18(11-14)7-2-1-3-8-18/h4-5,14,23H,1-3,6-12H2,(H,20,22).